The van der Waals surface area contributed by atoms with E-state index in [2.05, 4.69) is 19.1 Å². The quantitative estimate of drug-likeness (QED) is 0.262. The first-order valence-electron chi connectivity index (χ1n) is 11.0. The minimum absolute atomic E-state index is 0.0649. The second-order valence-corrected chi connectivity index (χ2v) is 7.73. The first kappa shape index (κ1) is 24.6. The van der Waals surface area contributed by atoms with Crippen molar-refractivity contribution in [2.75, 3.05) is 19.8 Å². The summed E-state index contributed by atoms with van der Waals surface area (Å²) in [6.45, 7) is 3.06. The number of unbranched alkanes of at least 4 members (excludes halogenated alkanes) is 10. The summed E-state index contributed by atoms with van der Waals surface area (Å²) in [4.78, 5) is 0. The van der Waals surface area contributed by atoms with Gasteiger partial charge in [-0.1, -0.05) is 64.0 Å². The first-order chi connectivity index (χ1) is 13.2. The molecular formula is C22H42O5. The number of allylic oxidation sites excluding steroid dienone is 2. The maximum Gasteiger partial charge on any atom is 0.114 e. The van der Waals surface area contributed by atoms with Gasteiger partial charge in [-0.3, -0.25) is 0 Å². The average Bonchev–Trinajstić information content (AvgIpc) is 3.00. The summed E-state index contributed by atoms with van der Waals surface area (Å²) in [6.07, 6.45) is 16.2. The highest BCUT2D eigenvalue weighted by Gasteiger charge is 2.39. The fourth-order valence-electron chi connectivity index (χ4n) is 3.36. The van der Waals surface area contributed by atoms with Crippen LogP contribution < -0.4 is 0 Å². The molecule has 5 nitrogen and oxygen atoms in total. The van der Waals surface area contributed by atoms with Gasteiger partial charge in [0.25, 0.3) is 0 Å². The Morgan fingerprint density at radius 1 is 0.926 bits per heavy atom. The minimum atomic E-state index is -1.03. The lowest BCUT2D eigenvalue weighted by Crippen LogP contribution is -2.40. The van der Waals surface area contributed by atoms with Crippen LogP contribution in [0, 0.1) is 0 Å². The van der Waals surface area contributed by atoms with Crippen molar-refractivity contribution in [3.8, 4) is 0 Å². The molecule has 0 saturated carbocycles. The van der Waals surface area contributed by atoms with Gasteiger partial charge in [0.2, 0.25) is 0 Å². The van der Waals surface area contributed by atoms with Crippen LogP contribution in [-0.4, -0.2) is 59.6 Å². The lowest BCUT2D eigenvalue weighted by molar-refractivity contribution is -0.0813. The van der Waals surface area contributed by atoms with E-state index in [0.29, 0.717) is 6.61 Å². The summed E-state index contributed by atoms with van der Waals surface area (Å²) in [5, 5.41) is 29.0. The van der Waals surface area contributed by atoms with Crippen molar-refractivity contribution in [2.45, 2.75) is 108 Å². The van der Waals surface area contributed by atoms with Gasteiger partial charge >= 0.3 is 0 Å². The van der Waals surface area contributed by atoms with Gasteiger partial charge in [-0.15, -0.1) is 0 Å². The summed E-state index contributed by atoms with van der Waals surface area (Å²) >= 11 is 0. The lowest BCUT2D eigenvalue weighted by atomic mass is 10.1. The van der Waals surface area contributed by atoms with E-state index < -0.39 is 24.4 Å². The molecule has 0 radical (unpaired) electrons. The lowest BCUT2D eigenvalue weighted by Gasteiger charge is -2.20. The molecule has 1 saturated heterocycles. The highest BCUT2D eigenvalue weighted by molar-refractivity contribution is 4.87. The molecule has 27 heavy (non-hydrogen) atoms. The highest BCUT2D eigenvalue weighted by atomic mass is 16.5. The molecule has 160 valence electrons. The van der Waals surface area contributed by atoms with Gasteiger partial charge in [-0.25, -0.2) is 0 Å². The van der Waals surface area contributed by atoms with Crippen LogP contribution in [0.15, 0.2) is 12.2 Å². The molecule has 1 rings (SSSR count). The Hall–Kier alpha value is -0.460. The van der Waals surface area contributed by atoms with Gasteiger partial charge in [0, 0.05) is 6.61 Å². The van der Waals surface area contributed by atoms with Gasteiger partial charge < -0.3 is 24.8 Å². The van der Waals surface area contributed by atoms with E-state index in [1.807, 2.05) is 0 Å². The molecular weight excluding hydrogens is 344 g/mol. The largest absolute Gasteiger partial charge is 0.388 e. The number of aliphatic hydroxyl groups is 3. The maximum atomic E-state index is 9.92. The predicted molar refractivity (Wildman–Crippen MR) is 109 cm³/mol. The Morgan fingerprint density at radius 2 is 1.52 bits per heavy atom. The van der Waals surface area contributed by atoms with E-state index in [4.69, 9.17) is 9.47 Å². The molecule has 0 amide bonds. The third kappa shape index (κ3) is 11.9. The standard InChI is InChI=1S/C22H42O5/c1-2-3-4-5-6-7-8-9-10-11-12-13-14-15-16-26-17-20(24)22-21(25)19(23)18-27-22/h10-11,19-25H,2-9,12-18H2,1H3/b11-10+/t19-,20+,21+,22+/m0/s1. The fraction of sp³-hybridized carbons (Fsp3) is 0.909. The second-order valence-electron chi connectivity index (χ2n) is 7.73. The zero-order chi connectivity index (χ0) is 19.7. The normalized spacial score (nSPS) is 24.1. The SMILES string of the molecule is CCCCCCCCC/C=C/CCCCCOC[C@@H](O)[C@H]1OC[C@H](O)[C@H]1O. The summed E-state index contributed by atoms with van der Waals surface area (Å²) < 4.78 is 10.6. The molecule has 0 bridgehead atoms. The van der Waals surface area contributed by atoms with E-state index in [9.17, 15) is 15.3 Å². The molecule has 0 spiro atoms. The van der Waals surface area contributed by atoms with Crippen LogP contribution in [0.25, 0.3) is 0 Å². The molecule has 0 aromatic carbocycles. The second kappa shape index (κ2) is 16.5. The van der Waals surface area contributed by atoms with Crippen LogP contribution in [0.5, 0.6) is 0 Å². The van der Waals surface area contributed by atoms with Crippen molar-refractivity contribution in [1.82, 2.24) is 0 Å². The molecule has 0 aliphatic carbocycles. The van der Waals surface area contributed by atoms with Crippen molar-refractivity contribution in [1.29, 1.82) is 0 Å². The van der Waals surface area contributed by atoms with Crippen LogP contribution in [0.4, 0.5) is 0 Å². The zero-order valence-electron chi connectivity index (χ0n) is 17.2. The highest BCUT2D eigenvalue weighted by Crippen LogP contribution is 2.18. The first-order valence-corrected chi connectivity index (χ1v) is 11.0. The van der Waals surface area contributed by atoms with E-state index >= 15 is 0 Å². The summed E-state index contributed by atoms with van der Waals surface area (Å²) in [6, 6.07) is 0. The van der Waals surface area contributed by atoms with Crippen molar-refractivity contribution >= 4 is 0 Å². The summed E-state index contributed by atoms with van der Waals surface area (Å²) in [5.41, 5.74) is 0. The summed E-state index contributed by atoms with van der Waals surface area (Å²) in [7, 11) is 0. The minimum Gasteiger partial charge on any atom is -0.388 e. The Labute approximate surface area is 165 Å². The maximum absolute atomic E-state index is 9.92. The van der Waals surface area contributed by atoms with Crippen molar-refractivity contribution < 1.29 is 24.8 Å². The van der Waals surface area contributed by atoms with Crippen molar-refractivity contribution in [3.63, 3.8) is 0 Å². The molecule has 4 atom stereocenters. The van der Waals surface area contributed by atoms with Crippen LogP contribution in [0.2, 0.25) is 0 Å². The van der Waals surface area contributed by atoms with Crippen LogP contribution >= 0.6 is 0 Å². The fourth-order valence-corrected chi connectivity index (χ4v) is 3.36. The van der Waals surface area contributed by atoms with Gasteiger partial charge in [-0.05, 0) is 32.1 Å². The number of hydrogen-bond acceptors (Lipinski definition) is 5. The topological polar surface area (TPSA) is 79.2 Å². The predicted octanol–water partition coefficient (Wildman–Crippen LogP) is 3.74. The molecule has 1 aliphatic heterocycles. The van der Waals surface area contributed by atoms with Gasteiger partial charge in [0.15, 0.2) is 0 Å². The Bertz CT molecular complexity index is 361. The molecule has 0 aromatic rings. The van der Waals surface area contributed by atoms with E-state index in [1.54, 1.807) is 0 Å². The monoisotopic (exact) mass is 386 g/mol. The molecule has 0 unspecified atom stereocenters. The zero-order valence-corrected chi connectivity index (χ0v) is 17.2. The average molecular weight is 387 g/mol. The molecule has 1 fully saturated rings. The molecule has 5 heteroatoms. The van der Waals surface area contributed by atoms with Crippen LogP contribution in [0.3, 0.4) is 0 Å². The summed E-state index contributed by atoms with van der Waals surface area (Å²) in [5.74, 6) is 0. The van der Waals surface area contributed by atoms with E-state index in [0.717, 1.165) is 25.7 Å². The molecule has 0 aromatic heterocycles. The van der Waals surface area contributed by atoms with Crippen molar-refractivity contribution in [2.24, 2.45) is 0 Å². The van der Waals surface area contributed by atoms with Crippen LogP contribution in [0.1, 0.15) is 84.0 Å². The molecule has 3 N–H and O–H groups in total. The van der Waals surface area contributed by atoms with Gasteiger partial charge in [0.05, 0.1) is 13.2 Å². The Kier molecular flexibility index (Phi) is 15.0. The number of hydrogen-bond donors (Lipinski definition) is 3. The van der Waals surface area contributed by atoms with Gasteiger partial charge in [0.1, 0.15) is 24.4 Å². The Morgan fingerprint density at radius 3 is 2.11 bits per heavy atom. The molecule has 1 aliphatic rings. The smallest absolute Gasteiger partial charge is 0.114 e. The van der Waals surface area contributed by atoms with Crippen molar-refractivity contribution in [3.05, 3.63) is 12.2 Å². The number of aliphatic hydroxyl groups excluding tert-OH is 3. The number of rotatable bonds is 17. The third-order valence-corrected chi connectivity index (χ3v) is 5.16. The molecule has 1 heterocycles. The third-order valence-electron chi connectivity index (χ3n) is 5.16. The van der Waals surface area contributed by atoms with Crippen LogP contribution in [-0.2, 0) is 9.47 Å². The number of ether oxygens (including phenoxy) is 2. The van der Waals surface area contributed by atoms with Gasteiger partial charge in [-0.2, -0.15) is 0 Å². The van der Waals surface area contributed by atoms with E-state index in [1.165, 1.54) is 51.4 Å². The van der Waals surface area contributed by atoms with E-state index in [-0.39, 0.29) is 13.2 Å². The Balaban J connectivity index is 1.82.